The predicted molar refractivity (Wildman–Crippen MR) is 71.5 cm³/mol. The van der Waals surface area contributed by atoms with Gasteiger partial charge in [-0.15, -0.1) is 0 Å². The van der Waals surface area contributed by atoms with E-state index in [0.29, 0.717) is 0 Å². The van der Waals surface area contributed by atoms with Gasteiger partial charge in [0.25, 0.3) is 5.69 Å². The largest absolute Gasteiger partial charge is 0.293 e. The Bertz CT molecular complexity index is 600. The fraction of sp³-hybridized carbons (Fsp3) is 0.231. The maximum atomic E-state index is 11.7. The second-order valence-electron chi connectivity index (χ2n) is 4.15. The highest BCUT2D eigenvalue weighted by Crippen LogP contribution is 2.24. The van der Waals surface area contributed by atoms with Gasteiger partial charge in [-0.25, -0.2) is 0 Å². The number of nitro groups is 1. The van der Waals surface area contributed by atoms with Crippen molar-refractivity contribution in [2.45, 2.75) is 13.8 Å². The van der Waals surface area contributed by atoms with E-state index < -0.39 is 4.92 Å². The van der Waals surface area contributed by atoms with Crippen LogP contribution in [0.3, 0.4) is 0 Å². The van der Waals surface area contributed by atoms with E-state index in [-0.39, 0.29) is 33.5 Å². The molecule has 1 rings (SSSR count). The molecule has 6 heteroatoms. The fourth-order valence-corrected chi connectivity index (χ4v) is 1.55. The average molecular weight is 279 g/mol. The predicted octanol–water partition coefficient (Wildman–Crippen LogP) is 3.38. The van der Waals surface area contributed by atoms with Crippen molar-refractivity contribution >= 4 is 29.1 Å². The summed E-state index contributed by atoms with van der Waals surface area (Å²) >= 11 is 5.90. The van der Waals surface area contributed by atoms with Crippen LogP contribution in [0.2, 0.25) is 5.02 Å². The molecule has 0 N–H and O–H groups in total. The summed E-state index contributed by atoms with van der Waals surface area (Å²) in [4.78, 5) is 21.8. The van der Waals surface area contributed by atoms with Gasteiger partial charge in [0.2, 0.25) is 0 Å². The molecule has 0 aliphatic heterocycles. The zero-order valence-electron chi connectivity index (χ0n) is 10.4. The van der Waals surface area contributed by atoms with Gasteiger partial charge in [0.1, 0.15) is 6.07 Å². The van der Waals surface area contributed by atoms with Gasteiger partial charge in [0.15, 0.2) is 5.78 Å². The van der Waals surface area contributed by atoms with Crippen molar-refractivity contribution in [2.24, 2.45) is 5.92 Å². The van der Waals surface area contributed by atoms with Gasteiger partial charge < -0.3 is 0 Å². The smallest absolute Gasteiger partial charge is 0.270 e. The van der Waals surface area contributed by atoms with E-state index in [1.807, 2.05) is 0 Å². The maximum Gasteiger partial charge on any atom is 0.270 e. The molecule has 98 valence electrons. The minimum atomic E-state index is -0.565. The first-order chi connectivity index (χ1) is 8.86. The Balaban J connectivity index is 3.30. The molecule has 0 radical (unpaired) electrons. The minimum Gasteiger partial charge on any atom is -0.293 e. The molecule has 5 nitrogen and oxygen atoms in total. The van der Waals surface area contributed by atoms with Crippen LogP contribution in [0.5, 0.6) is 0 Å². The Morgan fingerprint density at radius 1 is 1.53 bits per heavy atom. The standard InChI is InChI=1S/C13H11ClN2O3/c1-8(2)13(17)10(7-15)5-9-6-11(16(18)19)3-4-12(9)14/h3-6,8H,1-2H3. The number of carbonyl (C=O) groups excluding carboxylic acids is 1. The summed E-state index contributed by atoms with van der Waals surface area (Å²) in [5.41, 5.74) is 0.0590. The lowest BCUT2D eigenvalue weighted by atomic mass is 10.00. The van der Waals surface area contributed by atoms with Crippen molar-refractivity contribution in [3.8, 4) is 6.07 Å². The number of hydrogen-bond acceptors (Lipinski definition) is 4. The molecule has 0 saturated carbocycles. The van der Waals surface area contributed by atoms with Crippen molar-refractivity contribution in [3.63, 3.8) is 0 Å². The van der Waals surface area contributed by atoms with Gasteiger partial charge in [-0.2, -0.15) is 5.26 Å². The number of ketones is 1. The molecule has 1 aromatic rings. The number of benzene rings is 1. The summed E-state index contributed by atoms with van der Waals surface area (Å²) in [7, 11) is 0. The quantitative estimate of drug-likeness (QED) is 0.366. The van der Waals surface area contributed by atoms with Crippen molar-refractivity contribution in [1.82, 2.24) is 0 Å². The number of allylic oxidation sites excluding steroid dienone is 1. The van der Waals surface area contributed by atoms with Crippen LogP contribution in [0.25, 0.3) is 6.08 Å². The highest BCUT2D eigenvalue weighted by molar-refractivity contribution is 6.32. The molecule has 0 amide bonds. The second kappa shape index (κ2) is 6.12. The third-order valence-corrected chi connectivity index (χ3v) is 2.74. The van der Waals surface area contributed by atoms with E-state index in [9.17, 15) is 14.9 Å². The molecule has 0 unspecified atom stereocenters. The van der Waals surface area contributed by atoms with Crippen molar-refractivity contribution in [3.05, 3.63) is 44.5 Å². The Morgan fingerprint density at radius 2 is 2.16 bits per heavy atom. The maximum absolute atomic E-state index is 11.7. The van der Waals surface area contributed by atoms with Crippen LogP contribution in [0.1, 0.15) is 19.4 Å². The zero-order chi connectivity index (χ0) is 14.6. The van der Waals surface area contributed by atoms with Crippen molar-refractivity contribution in [2.75, 3.05) is 0 Å². The van der Waals surface area contributed by atoms with Crippen LogP contribution >= 0.6 is 11.6 Å². The van der Waals surface area contributed by atoms with Gasteiger partial charge >= 0.3 is 0 Å². The molecule has 0 aliphatic carbocycles. The molecule has 0 bridgehead atoms. The summed E-state index contributed by atoms with van der Waals surface area (Å²) in [5, 5.41) is 19.9. The third-order valence-electron chi connectivity index (χ3n) is 2.40. The van der Waals surface area contributed by atoms with E-state index >= 15 is 0 Å². The van der Waals surface area contributed by atoms with Crippen LogP contribution in [-0.2, 0) is 4.79 Å². The third kappa shape index (κ3) is 3.63. The lowest BCUT2D eigenvalue weighted by molar-refractivity contribution is -0.384. The zero-order valence-corrected chi connectivity index (χ0v) is 11.1. The molecular weight excluding hydrogens is 268 g/mol. The molecule has 0 spiro atoms. The average Bonchev–Trinajstić information content (AvgIpc) is 2.36. The number of Topliss-reactive ketones (excluding diaryl/α,β-unsaturated/α-hetero) is 1. The number of nitrogens with zero attached hydrogens (tertiary/aromatic N) is 2. The monoisotopic (exact) mass is 278 g/mol. The molecule has 0 aromatic heterocycles. The summed E-state index contributed by atoms with van der Waals surface area (Å²) in [6.07, 6.45) is 1.28. The molecule has 19 heavy (non-hydrogen) atoms. The normalized spacial score (nSPS) is 11.2. The highest BCUT2D eigenvalue weighted by atomic mass is 35.5. The van der Waals surface area contributed by atoms with E-state index in [2.05, 4.69) is 0 Å². The number of nitriles is 1. The molecule has 0 atom stereocenters. The molecule has 0 heterocycles. The lowest BCUT2D eigenvalue weighted by Gasteiger charge is -2.03. The second-order valence-corrected chi connectivity index (χ2v) is 4.56. The number of non-ortho nitro benzene ring substituents is 1. The highest BCUT2D eigenvalue weighted by Gasteiger charge is 2.15. The van der Waals surface area contributed by atoms with Crippen LogP contribution in [0, 0.1) is 27.4 Å². The van der Waals surface area contributed by atoms with Gasteiger partial charge in [0, 0.05) is 28.6 Å². The minimum absolute atomic E-state index is 0.0719. The molecule has 0 saturated heterocycles. The van der Waals surface area contributed by atoms with Gasteiger partial charge in [-0.05, 0) is 12.1 Å². The van der Waals surface area contributed by atoms with Crippen LogP contribution in [0.4, 0.5) is 5.69 Å². The van der Waals surface area contributed by atoms with Crippen LogP contribution in [-0.4, -0.2) is 10.7 Å². The van der Waals surface area contributed by atoms with Gasteiger partial charge in [0.05, 0.1) is 10.5 Å². The van der Waals surface area contributed by atoms with E-state index in [0.717, 1.165) is 0 Å². The Morgan fingerprint density at radius 3 is 2.63 bits per heavy atom. The van der Waals surface area contributed by atoms with E-state index in [4.69, 9.17) is 16.9 Å². The number of carbonyl (C=O) groups is 1. The summed E-state index contributed by atoms with van der Waals surface area (Å²) < 4.78 is 0. The molecular formula is C13H11ClN2O3. The van der Waals surface area contributed by atoms with Gasteiger partial charge in [-0.3, -0.25) is 14.9 Å². The number of halogens is 1. The first kappa shape index (κ1) is 14.9. The first-order valence-corrected chi connectivity index (χ1v) is 5.84. The molecule has 0 fully saturated rings. The number of nitro benzene ring substituents is 1. The van der Waals surface area contributed by atoms with Crippen LogP contribution < -0.4 is 0 Å². The SMILES string of the molecule is CC(C)C(=O)C(C#N)=Cc1cc([N+](=O)[O-])ccc1Cl. The topological polar surface area (TPSA) is 84.0 Å². The molecule has 1 aromatic carbocycles. The summed E-state index contributed by atoms with van der Waals surface area (Å²) in [6, 6.07) is 5.64. The number of rotatable bonds is 4. The van der Waals surface area contributed by atoms with E-state index in [1.165, 1.54) is 24.3 Å². The number of hydrogen-bond donors (Lipinski definition) is 0. The Hall–Kier alpha value is -2.19. The van der Waals surface area contributed by atoms with Crippen molar-refractivity contribution < 1.29 is 9.72 Å². The fourth-order valence-electron chi connectivity index (χ4n) is 1.38. The van der Waals surface area contributed by atoms with Crippen LogP contribution in [0.15, 0.2) is 23.8 Å². The Labute approximate surface area is 115 Å². The summed E-state index contributed by atoms with van der Waals surface area (Å²) in [6.45, 7) is 3.34. The Kier molecular flexibility index (Phi) is 4.79. The lowest BCUT2D eigenvalue weighted by Crippen LogP contribution is -2.08. The molecule has 0 aliphatic rings. The van der Waals surface area contributed by atoms with Gasteiger partial charge in [-0.1, -0.05) is 25.4 Å². The van der Waals surface area contributed by atoms with Crippen molar-refractivity contribution in [1.29, 1.82) is 5.26 Å². The summed E-state index contributed by atoms with van der Waals surface area (Å²) in [5.74, 6) is -0.659. The first-order valence-electron chi connectivity index (χ1n) is 5.46. The van der Waals surface area contributed by atoms with E-state index in [1.54, 1.807) is 19.9 Å².